The number of carbonyl (C=O) groups is 4. The average Bonchev–Trinajstić information content (AvgIpc) is 3.60. The Labute approximate surface area is 221 Å². The minimum atomic E-state index is -0.978. The number of rotatable bonds is 6. The number of anilines is 1. The molecule has 0 aromatic heterocycles. The maximum Gasteiger partial charge on any atom is 0.338 e. The Bertz CT molecular complexity index is 1430. The summed E-state index contributed by atoms with van der Waals surface area (Å²) in [6.45, 7) is 3.47. The molecule has 2 bridgehead atoms. The molecule has 6 rings (SSSR count). The molecule has 3 aliphatic rings. The number of ether oxygens (including phenoxy) is 1. The molecule has 6 nitrogen and oxygen atoms in total. The Morgan fingerprint density at radius 3 is 2.29 bits per heavy atom. The third-order valence-corrected chi connectivity index (χ3v) is 8.57. The molecule has 0 spiro atoms. The predicted molar refractivity (Wildman–Crippen MR) is 142 cm³/mol. The van der Waals surface area contributed by atoms with Gasteiger partial charge in [0.15, 0.2) is 6.10 Å². The zero-order valence-corrected chi connectivity index (χ0v) is 21.4. The van der Waals surface area contributed by atoms with Crippen molar-refractivity contribution in [3.63, 3.8) is 0 Å². The number of Topliss-reactive ketones (excluding diaryl/α,β-unsaturated/α-hetero) is 1. The maximum atomic E-state index is 13.6. The molecule has 1 aliphatic heterocycles. The van der Waals surface area contributed by atoms with Crippen molar-refractivity contribution in [3.05, 3.63) is 101 Å². The SMILES string of the molecule is Cc1ccc(C(=O)[C@H](C)OC(=O)c2cccc(N3C(=O)[C@@H]4[C@@H]5C[C@@H]([C@@H]4C3=O)[C@H](c3ccccc3)C5)c2)cc1. The second-order valence-electron chi connectivity index (χ2n) is 10.8. The van der Waals surface area contributed by atoms with Gasteiger partial charge in [-0.05, 0) is 68.2 Å². The second kappa shape index (κ2) is 9.35. The summed E-state index contributed by atoms with van der Waals surface area (Å²) in [6, 6.07) is 23.7. The fraction of sp³-hybridized carbons (Fsp3) is 0.312. The predicted octanol–water partition coefficient (Wildman–Crippen LogP) is 5.35. The maximum absolute atomic E-state index is 13.6. The minimum absolute atomic E-state index is 0.149. The lowest BCUT2D eigenvalue weighted by atomic mass is 9.73. The quantitative estimate of drug-likeness (QED) is 0.255. The number of ketones is 1. The van der Waals surface area contributed by atoms with Gasteiger partial charge in [0, 0.05) is 5.56 Å². The number of fused-ring (bicyclic) bond motifs is 5. The van der Waals surface area contributed by atoms with Crippen LogP contribution in [0, 0.1) is 30.6 Å². The van der Waals surface area contributed by atoms with E-state index >= 15 is 0 Å². The van der Waals surface area contributed by atoms with Crippen molar-refractivity contribution in [2.24, 2.45) is 23.7 Å². The molecular weight excluding hydrogens is 478 g/mol. The highest BCUT2D eigenvalue weighted by molar-refractivity contribution is 6.23. The monoisotopic (exact) mass is 507 g/mol. The Morgan fingerprint density at radius 2 is 1.55 bits per heavy atom. The van der Waals surface area contributed by atoms with Gasteiger partial charge >= 0.3 is 5.97 Å². The third kappa shape index (κ3) is 3.95. The smallest absolute Gasteiger partial charge is 0.338 e. The lowest BCUT2D eigenvalue weighted by Crippen LogP contribution is -2.33. The number of benzene rings is 3. The summed E-state index contributed by atoms with van der Waals surface area (Å²) >= 11 is 0. The van der Waals surface area contributed by atoms with Gasteiger partial charge < -0.3 is 4.74 Å². The Hall–Kier alpha value is -4.06. The molecule has 2 saturated carbocycles. The largest absolute Gasteiger partial charge is 0.451 e. The van der Waals surface area contributed by atoms with Crippen LogP contribution >= 0.6 is 0 Å². The van der Waals surface area contributed by atoms with E-state index in [0.29, 0.717) is 11.3 Å². The molecule has 0 radical (unpaired) electrons. The first kappa shape index (κ1) is 24.3. The van der Waals surface area contributed by atoms with E-state index in [-0.39, 0.29) is 52.8 Å². The molecule has 2 aliphatic carbocycles. The summed E-state index contributed by atoms with van der Waals surface area (Å²) in [5.74, 6) is -1.32. The van der Waals surface area contributed by atoms with Crippen LogP contribution < -0.4 is 4.90 Å². The van der Waals surface area contributed by atoms with Crippen molar-refractivity contribution >= 4 is 29.3 Å². The van der Waals surface area contributed by atoms with E-state index in [9.17, 15) is 19.2 Å². The summed E-state index contributed by atoms with van der Waals surface area (Å²) < 4.78 is 5.46. The van der Waals surface area contributed by atoms with Crippen molar-refractivity contribution in [1.29, 1.82) is 0 Å². The second-order valence-corrected chi connectivity index (χ2v) is 10.8. The molecule has 6 heteroatoms. The van der Waals surface area contributed by atoms with E-state index in [1.54, 1.807) is 30.3 Å². The van der Waals surface area contributed by atoms with Gasteiger partial charge in [0.25, 0.3) is 0 Å². The van der Waals surface area contributed by atoms with Gasteiger partial charge in [-0.25, -0.2) is 4.79 Å². The molecule has 0 N–H and O–H groups in total. The standard InChI is InChI=1S/C32H29NO5/c1-18-11-13-21(14-12-18)29(34)19(2)38-32(37)22-9-6-10-24(15-22)33-30(35)27-23-16-25(20-7-4-3-5-8-20)26(17-23)28(27)31(33)36/h3-15,19,23,25-28H,16-17H2,1-2H3/t19-,23-,25-,26+,27+,28-/m0/s1. The minimum Gasteiger partial charge on any atom is -0.451 e. The van der Waals surface area contributed by atoms with Crippen molar-refractivity contribution in [1.82, 2.24) is 0 Å². The molecule has 3 fully saturated rings. The normalized spacial score (nSPS) is 26.4. The van der Waals surface area contributed by atoms with Crippen LogP contribution in [0.3, 0.4) is 0 Å². The zero-order valence-electron chi connectivity index (χ0n) is 21.4. The Morgan fingerprint density at radius 1 is 0.842 bits per heavy atom. The number of nitrogens with zero attached hydrogens (tertiary/aromatic N) is 1. The van der Waals surface area contributed by atoms with Crippen molar-refractivity contribution < 1.29 is 23.9 Å². The van der Waals surface area contributed by atoms with E-state index in [0.717, 1.165) is 18.4 Å². The highest BCUT2D eigenvalue weighted by atomic mass is 16.5. The lowest BCUT2D eigenvalue weighted by Gasteiger charge is -2.28. The van der Waals surface area contributed by atoms with Gasteiger partial charge in [0.1, 0.15) is 0 Å². The van der Waals surface area contributed by atoms with Gasteiger partial charge in [-0.3, -0.25) is 19.3 Å². The van der Waals surface area contributed by atoms with Gasteiger partial charge in [0.05, 0.1) is 23.1 Å². The fourth-order valence-corrected chi connectivity index (χ4v) is 6.80. The van der Waals surface area contributed by atoms with Gasteiger partial charge in [0.2, 0.25) is 17.6 Å². The molecular formula is C32H29NO5. The first-order chi connectivity index (χ1) is 18.3. The van der Waals surface area contributed by atoms with Crippen LogP contribution in [0.25, 0.3) is 0 Å². The lowest BCUT2D eigenvalue weighted by molar-refractivity contribution is -0.123. The van der Waals surface area contributed by atoms with Gasteiger partial charge in [-0.1, -0.05) is 66.2 Å². The van der Waals surface area contributed by atoms with E-state index < -0.39 is 12.1 Å². The van der Waals surface area contributed by atoms with E-state index in [2.05, 4.69) is 12.1 Å². The number of hydrogen-bond acceptors (Lipinski definition) is 5. The average molecular weight is 508 g/mol. The number of imide groups is 1. The zero-order chi connectivity index (χ0) is 26.6. The molecule has 6 atom stereocenters. The van der Waals surface area contributed by atoms with Crippen LogP contribution in [0.4, 0.5) is 5.69 Å². The van der Waals surface area contributed by atoms with Crippen LogP contribution in [0.15, 0.2) is 78.9 Å². The van der Waals surface area contributed by atoms with Crippen LogP contribution in [0.5, 0.6) is 0 Å². The third-order valence-electron chi connectivity index (χ3n) is 8.57. The van der Waals surface area contributed by atoms with Crippen LogP contribution in [-0.2, 0) is 14.3 Å². The summed E-state index contributed by atoms with van der Waals surface area (Å²) in [5.41, 5.74) is 3.29. The van der Waals surface area contributed by atoms with Crippen LogP contribution in [-0.4, -0.2) is 29.7 Å². The number of esters is 1. The summed E-state index contributed by atoms with van der Waals surface area (Å²) in [6.07, 6.45) is 0.843. The molecule has 38 heavy (non-hydrogen) atoms. The van der Waals surface area contributed by atoms with Gasteiger partial charge in [-0.2, -0.15) is 0 Å². The number of amides is 2. The molecule has 0 unspecified atom stereocenters. The molecule has 3 aromatic carbocycles. The van der Waals surface area contributed by atoms with E-state index in [4.69, 9.17) is 4.74 Å². The van der Waals surface area contributed by atoms with Crippen molar-refractivity contribution in [2.45, 2.75) is 38.7 Å². The van der Waals surface area contributed by atoms with Crippen molar-refractivity contribution in [2.75, 3.05) is 4.90 Å². The first-order valence-corrected chi connectivity index (χ1v) is 13.2. The highest BCUT2D eigenvalue weighted by Crippen LogP contribution is 2.61. The summed E-state index contributed by atoms with van der Waals surface area (Å²) in [7, 11) is 0. The topological polar surface area (TPSA) is 80.8 Å². The molecule has 192 valence electrons. The molecule has 3 aromatic rings. The van der Waals surface area contributed by atoms with Crippen LogP contribution in [0.1, 0.15) is 57.5 Å². The number of hydrogen-bond donors (Lipinski definition) is 0. The Balaban J connectivity index is 1.19. The summed E-state index contributed by atoms with van der Waals surface area (Å²) in [4.78, 5) is 54.0. The van der Waals surface area contributed by atoms with Crippen molar-refractivity contribution in [3.8, 4) is 0 Å². The first-order valence-electron chi connectivity index (χ1n) is 13.2. The van der Waals surface area contributed by atoms with Crippen LogP contribution in [0.2, 0.25) is 0 Å². The number of carbonyl (C=O) groups excluding carboxylic acids is 4. The molecule has 2 amide bonds. The summed E-state index contributed by atoms with van der Waals surface area (Å²) in [5, 5.41) is 0. The highest BCUT2D eigenvalue weighted by Gasteiger charge is 2.64. The molecule has 1 saturated heterocycles. The Kier molecular flexibility index (Phi) is 5.98. The molecule has 1 heterocycles. The van der Waals surface area contributed by atoms with E-state index in [1.807, 2.05) is 37.3 Å². The van der Waals surface area contributed by atoms with E-state index in [1.165, 1.54) is 23.5 Å². The number of aryl methyl sites for hydroxylation is 1. The fourth-order valence-electron chi connectivity index (χ4n) is 6.80. The van der Waals surface area contributed by atoms with Gasteiger partial charge in [-0.15, -0.1) is 0 Å².